The van der Waals surface area contributed by atoms with Crippen molar-refractivity contribution in [3.8, 4) is 5.75 Å². The molecule has 0 spiro atoms. The molecule has 0 atom stereocenters. The summed E-state index contributed by atoms with van der Waals surface area (Å²) < 4.78 is 29.4. The summed E-state index contributed by atoms with van der Waals surface area (Å²) in [7, 11) is 1.25. The first kappa shape index (κ1) is 11.0. The standard InChI is InChI=1S/C8H8ClF2NO2/c1-14-5-2-4(3-9)8(13)12-6(5)7(10)11/h2,7H,3H2,1H3,(H,12,13). The van der Waals surface area contributed by atoms with Crippen LogP contribution < -0.4 is 10.3 Å². The highest BCUT2D eigenvalue weighted by Crippen LogP contribution is 2.26. The maximum absolute atomic E-state index is 12.3. The number of rotatable bonds is 3. The predicted molar refractivity (Wildman–Crippen MR) is 48.1 cm³/mol. The Labute approximate surface area is 83.7 Å². The summed E-state index contributed by atoms with van der Waals surface area (Å²) >= 11 is 5.43. The SMILES string of the molecule is COc1cc(CCl)c(=O)[nH]c1C(F)F. The number of ether oxygens (including phenoxy) is 1. The predicted octanol–water partition coefficient (Wildman–Crippen LogP) is 2.06. The molecule has 1 aromatic rings. The van der Waals surface area contributed by atoms with Gasteiger partial charge in [-0.1, -0.05) is 0 Å². The lowest BCUT2D eigenvalue weighted by molar-refractivity contribution is 0.141. The van der Waals surface area contributed by atoms with Gasteiger partial charge in [-0.3, -0.25) is 4.79 Å². The highest BCUT2D eigenvalue weighted by molar-refractivity contribution is 6.17. The molecule has 0 unspecified atom stereocenters. The smallest absolute Gasteiger partial charge is 0.281 e. The van der Waals surface area contributed by atoms with E-state index in [1.54, 1.807) is 0 Å². The molecular formula is C8H8ClF2NO2. The van der Waals surface area contributed by atoms with Gasteiger partial charge in [-0.05, 0) is 6.07 Å². The van der Waals surface area contributed by atoms with Gasteiger partial charge in [-0.15, -0.1) is 11.6 Å². The summed E-state index contributed by atoms with van der Waals surface area (Å²) in [5.74, 6) is -0.106. The molecule has 78 valence electrons. The number of hydrogen-bond donors (Lipinski definition) is 1. The van der Waals surface area contributed by atoms with Gasteiger partial charge in [0.25, 0.3) is 12.0 Å². The van der Waals surface area contributed by atoms with Gasteiger partial charge in [0.1, 0.15) is 11.4 Å². The first-order chi connectivity index (χ1) is 6.60. The number of hydrogen-bond acceptors (Lipinski definition) is 2. The Kier molecular flexibility index (Phi) is 3.46. The summed E-state index contributed by atoms with van der Waals surface area (Å²) in [5.41, 5.74) is -0.935. The van der Waals surface area contributed by atoms with Crippen LogP contribution in [0.25, 0.3) is 0 Å². The zero-order valence-corrected chi connectivity index (χ0v) is 8.07. The minimum absolute atomic E-state index is 0.0464. The quantitative estimate of drug-likeness (QED) is 0.797. The molecule has 3 nitrogen and oxygen atoms in total. The molecule has 0 aromatic carbocycles. The average Bonchev–Trinajstić information content (AvgIpc) is 2.17. The van der Waals surface area contributed by atoms with Gasteiger partial charge in [-0.25, -0.2) is 8.78 Å². The Morgan fingerprint density at radius 2 is 2.29 bits per heavy atom. The highest BCUT2D eigenvalue weighted by Gasteiger charge is 2.16. The third-order valence-corrected chi connectivity index (χ3v) is 1.98. The number of halogens is 3. The van der Waals surface area contributed by atoms with E-state index in [1.165, 1.54) is 13.2 Å². The van der Waals surface area contributed by atoms with Crippen LogP contribution in [0.15, 0.2) is 10.9 Å². The average molecular weight is 224 g/mol. The van der Waals surface area contributed by atoms with E-state index < -0.39 is 17.7 Å². The van der Waals surface area contributed by atoms with Gasteiger partial charge in [-0.2, -0.15) is 0 Å². The molecule has 1 aromatic heterocycles. The van der Waals surface area contributed by atoms with Crippen molar-refractivity contribution in [1.29, 1.82) is 0 Å². The van der Waals surface area contributed by atoms with Crippen molar-refractivity contribution >= 4 is 11.6 Å². The zero-order chi connectivity index (χ0) is 10.7. The lowest BCUT2D eigenvalue weighted by Gasteiger charge is -2.08. The third kappa shape index (κ3) is 2.04. The molecule has 0 aliphatic heterocycles. The van der Waals surface area contributed by atoms with Crippen LogP contribution in [-0.2, 0) is 5.88 Å². The number of alkyl halides is 3. The second kappa shape index (κ2) is 4.41. The topological polar surface area (TPSA) is 42.1 Å². The van der Waals surface area contributed by atoms with Crippen molar-refractivity contribution < 1.29 is 13.5 Å². The van der Waals surface area contributed by atoms with Crippen LogP contribution in [0.5, 0.6) is 5.75 Å². The Morgan fingerprint density at radius 3 is 2.71 bits per heavy atom. The minimum Gasteiger partial charge on any atom is -0.495 e. The van der Waals surface area contributed by atoms with E-state index in [2.05, 4.69) is 0 Å². The number of H-pyrrole nitrogens is 1. The Morgan fingerprint density at radius 1 is 1.64 bits per heavy atom. The number of pyridine rings is 1. The molecule has 0 amide bonds. The molecular weight excluding hydrogens is 216 g/mol. The molecule has 1 N–H and O–H groups in total. The van der Waals surface area contributed by atoms with Crippen LogP contribution in [0.2, 0.25) is 0 Å². The lowest BCUT2D eigenvalue weighted by atomic mass is 10.2. The van der Waals surface area contributed by atoms with Crippen LogP contribution in [-0.4, -0.2) is 12.1 Å². The van der Waals surface area contributed by atoms with E-state index in [0.29, 0.717) is 0 Å². The molecule has 14 heavy (non-hydrogen) atoms. The van der Waals surface area contributed by atoms with Crippen molar-refractivity contribution in [2.24, 2.45) is 0 Å². The van der Waals surface area contributed by atoms with Gasteiger partial charge >= 0.3 is 0 Å². The second-order valence-electron chi connectivity index (χ2n) is 2.54. The van der Waals surface area contributed by atoms with E-state index in [-0.39, 0.29) is 17.2 Å². The first-order valence-corrected chi connectivity index (χ1v) is 4.27. The molecule has 0 saturated heterocycles. The molecule has 1 heterocycles. The van der Waals surface area contributed by atoms with Crippen molar-refractivity contribution in [2.45, 2.75) is 12.3 Å². The maximum Gasteiger partial charge on any atom is 0.281 e. The van der Waals surface area contributed by atoms with E-state index in [1.807, 2.05) is 4.98 Å². The normalized spacial score (nSPS) is 10.6. The van der Waals surface area contributed by atoms with E-state index >= 15 is 0 Å². The Bertz CT molecular complexity index is 378. The fourth-order valence-electron chi connectivity index (χ4n) is 0.996. The summed E-state index contributed by atoms with van der Waals surface area (Å²) in [6.07, 6.45) is -2.78. The number of nitrogens with one attached hydrogen (secondary N) is 1. The number of aromatic amines is 1. The van der Waals surface area contributed by atoms with Gasteiger partial charge in [0.05, 0.1) is 13.0 Å². The summed E-state index contributed by atoms with van der Waals surface area (Å²) in [6.45, 7) is 0. The first-order valence-electron chi connectivity index (χ1n) is 3.74. The van der Waals surface area contributed by atoms with E-state index in [0.717, 1.165) is 0 Å². The molecule has 6 heteroatoms. The summed E-state index contributed by atoms with van der Waals surface area (Å²) in [6, 6.07) is 1.22. The fraction of sp³-hybridized carbons (Fsp3) is 0.375. The Balaban J connectivity index is 3.32. The molecule has 0 aliphatic rings. The monoisotopic (exact) mass is 223 g/mol. The zero-order valence-electron chi connectivity index (χ0n) is 7.31. The van der Waals surface area contributed by atoms with Crippen molar-refractivity contribution in [1.82, 2.24) is 4.98 Å². The lowest BCUT2D eigenvalue weighted by Crippen LogP contribution is -2.14. The maximum atomic E-state index is 12.3. The van der Waals surface area contributed by atoms with Crippen LogP contribution >= 0.6 is 11.6 Å². The van der Waals surface area contributed by atoms with Crippen LogP contribution in [0.1, 0.15) is 17.7 Å². The highest BCUT2D eigenvalue weighted by atomic mass is 35.5. The number of methoxy groups -OCH3 is 1. The van der Waals surface area contributed by atoms with E-state index in [4.69, 9.17) is 16.3 Å². The second-order valence-corrected chi connectivity index (χ2v) is 2.81. The van der Waals surface area contributed by atoms with Gasteiger partial charge in [0.15, 0.2) is 0 Å². The summed E-state index contributed by atoms with van der Waals surface area (Å²) in [4.78, 5) is 13.1. The van der Waals surface area contributed by atoms with Crippen molar-refractivity contribution in [2.75, 3.05) is 7.11 Å². The Hall–Kier alpha value is -1.10. The number of aromatic nitrogens is 1. The van der Waals surface area contributed by atoms with Crippen molar-refractivity contribution in [3.05, 3.63) is 27.7 Å². The van der Waals surface area contributed by atoms with Gasteiger partial charge in [0, 0.05) is 5.56 Å². The molecule has 1 rings (SSSR count). The summed E-state index contributed by atoms with van der Waals surface area (Å²) in [5, 5.41) is 0. The van der Waals surface area contributed by atoms with Crippen LogP contribution in [0.3, 0.4) is 0 Å². The molecule has 0 bridgehead atoms. The molecule has 0 aliphatic carbocycles. The minimum atomic E-state index is -2.78. The van der Waals surface area contributed by atoms with Gasteiger partial charge < -0.3 is 9.72 Å². The molecule has 0 fully saturated rings. The molecule has 0 saturated carbocycles. The fourth-order valence-corrected chi connectivity index (χ4v) is 1.19. The van der Waals surface area contributed by atoms with Gasteiger partial charge in [0.2, 0.25) is 0 Å². The van der Waals surface area contributed by atoms with Crippen LogP contribution in [0, 0.1) is 0 Å². The molecule has 0 radical (unpaired) electrons. The largest absolute Gasteiger partial charge is 0.495 e. The van der Waals surface area contributed by atoms with Crippen molar-refractivity contribution in [3.63, 3.8) is 0 Å². The van der Waals surface area contributed by atoms with Crippen LogP contribution in [0.4, 0.5) is 8.78 Å². The third-order valence-electron chi connectivity index (χ3n) is 1.69. The van der Waals surface area contributed by atoms with E-state index in [9.17, 15) is 13.6 Å².